The van der Waals surface area contributed by atoms with Crippen LogP contribution in [0, 0.1) is 5.82 Å². The van der Waals surface area contributed by atoms with E-state index in [-0.39, 0.29) is 21.8 Å². The molecular weight excluding hydrogens is 237 g/mol. The Hall–Kier alpha value is -0.600. The fourth-order valence-corrected chi connectivity index (χ4v) is 2.21. The molecule has 0 amide bonds. The lowest BCUT2D eigenvalue weighted by Gasteiger charge is -2.25. The molecule has 0 saturated heterocycles. The Morgan fingerprint density at radius 1 is 1.35 bits per heavy atom. The van der Waals surface area contributed by atoms with Crippen LogP contribution in [0.25, 0.3) is 0 Å². The Morgan fingerprint density at radius 2 is 2.00 bits per heavy atom. The van der Waals surface area contributed by atoms with Crippen molar-refractivity contribution in [3.8, 4) is 0 Å². The predicted octanol–water partition coefficient (Wildman–Crippen LogP) is 3.90. The molecule has 1 aromatic rings. The van der Waals surface area contributed by atoms with Gasteiger partial charge in [-0.25, -0.2) is 4.39 Å². The van der Waals surface area contributed by atoms with Gasteiger partial charge in [-0.1, -0.05) is 23.7 Å². The minimum Gasteiger partial charge on any atom is -0.311 e. The largest absolute Gasteiger partial charge is 0.311 e. The summed E-state index contributed by atoms with van der Waals surface area (Å²) in [4.78, 5) is 0. The molecule has 1 nitrogen and oxygen atoms in total. The summed E-state index contributed by atoms with van der Waals surface area (Å²) in [5.41, 5.74) is 0.786. The number of hydrogen-bond donors (Lipinski definition) is 1. The molecule has 1 aliphatic rings. The molecule has 0 bridgehead atoms. The van der Waals surface area contributed by atoms with Gasteiger partial charge in [0.2, 0.25) is 0 Å². The average molecular weight is 256 g/mol. The first-order chi connectivity index (χ1) is 7.84. The van der Waals surface area contributed by atoms with Crippen molar-refractivity contribution < 1.29 is 4.39 Å². The van der Waals surface area contributed by atoms with Crippen molar-refractivity contribution in [3.63, 3.8) is 0 Å². The summed E-state index contributed by atoms with van der Waals surface area (Å²) in [6.07, 6.45) is 2.07. The zero-order valence-electron chi connectivity index (χ0n) is 10.6. The summed E-state index contributed by atoms with van der Waals surface area (Å²) >= 11 is 5.84. The lowest BCUT2D eigenvalue weighted by atomic mass is 9.94. The lowest BCUT2D eigenvalue weighted by Crippen LogP contribution is -2.41. The van der Waals surface area contributed by atoms with Crippen molar-refractivity contribution in [2.24, 2.45) is 0 Å². The number of nitrogens with one attached hydrogen (secondary N) is 1. The quantitative estimate of drug-likeness (QED) is 0.864. The van der Waals surface area contributed by atoms with Gasteiger partial charge in [-0.15, -0.1) is 0 Å². The first-order valence-corrected chi connectivity index (χ1v) is 6.41. The van der Waals surface area contributed by atoms with Crippen LogP contribution in [0.2, 0.25) is 5.02 Å². The summed E-state index contributed by atoms with van der Waals surface area (Å²) in [5, 5.41) is 3.69. The second-order valence-electron chi connectivity index (χ2n) is 5.99. The molecule has 0 aliphatic heterocycles. The molecule has 2 rings (SSSR count). The fraction of sp³-hybridized carbons (Fsp3) is 0.571. The van der Waals surface area contributed by atoms with E-state index in [0.29, 0.717) is 0 Å². The summed E-state index contributed by atoms with van der Waals surface area (Å²) in [5.74, 6) is -0.248. The van der Waals surface area contributed by atoms with Crippen molar-refractivity contribution in [2.45, 2.75) is 44.6 Å². The van der Waals surface area contributed by atoms with Crippen LogP contribution < -0.4 is 5.32 Å². The van der Waals surface area contributed by atoms with Crippen LogP contribution in [0.4, 0.5) is 4.39 Å². The van der Waals surface area contributed by atoms with Crippen LogP contribution in [-0.2, 0) is 5.41 Å². The normalized spacial score (nSPS) is 18.2. The molecule has 1 aromatic carbocycles. The molecule has 0 radical (unpaired) electrons. The number of hydrogen-bond acceptors (Lipinski definition) is 1. The fourth-order valence-electron chi connectivity index (χ4n) is 2.04. The highest BCUT2D eigenvalue weighted by Gasteiger charge is 2.46. The molecule has 0 spiro atoms. The molecule has 1 aliphatic carbocycles. The van der Waals surface area contributed by atoms with Crippen LogP contribution in [0.5, 0.6) is 0 Å². The summed E-state index contributed by atoms with van der Waals surface area (Å²) in [7, 11) is 0. The van der Waals surface area contributed by atoms with Gasteiger partial charge < -0.3 is 5.32 Å². The molecular formula is C14H19ClFN. The Labute approximate surface area is 107 Å². The van der Waals surface area contributed by atoms with Crippen LogP contribution >= 0.6 is 11.6 Å². The maximum Gasteiger partial charge on any atom is 0.145 e. The Balaban J connectivity index is 2.19. The molecule has 0 atom stereocenters. The molecule has 0 heterocycles. The molecule has 0 aromatic heterocycles. The van der Waals surface area contributed by atoms with Gasteiger partial charge in [-0.3, -0.25) is 0 Å². The van der Waals surface area contributed by atoms with Gasteiger partial charge >= 0.3 is 0 Å². The van der Waals surface area contributed by atoms with Crippen LogP contribution in [0.3, 0.4) is 0 Å². The first kappa shape index (κ1) is 12.8. The molecule has 3 heteroatoms. The maximum absolute atomic E-state index is 14.0. The van der Waals surface area contributed by atoms with Gasteiger partial charge in [0.1, 0.15) is 5.82 Å². The predicted molar refractivity (Wildman–Crippen MR) is 70.1 cm³/mol. The lowest BCUT2D eigenvalue weighted by molar-refractivity contribution is 0.395. The van der Waals surface area contributed by atoms with Crippen molar-refractivity contribution in [1.29, 1.82) is 0 Å². The third-order valence-corrected chi connectivity index (χ3v) is 3.63. The summed E-state index contributed by atoms with van der Waals surface area (Å²) in [6.45, 7) is 7.18. The van der Waals surface area contributed by atoms with Gasteiger partial charge in [0.15, 0.2) is 0 Å². The topological polar surface area (TPSA) is 12.0 Å². The number of rotatable bonds is 3. The van der Waals surface area contributed by atoms with Gasteiger partial charge in [-0.05, 0) is 45.2 Å². The van der Waals surface area contributed by atoms with Crippen molar-refractivity contribution >= 4 is 11.6 Å². The van der Waals surface area contributed by atoms with Crippen LogP contribution in [0.15, 0.2) is 18.2 Å². The van der Waals surface area contributed by atoms with Crippen molar-refractivity contribution in [2.75, 3.05) is 6.54 Å². The zero-order valence-corrected chi connectivity index (χ0v) is 11.4. The third kappa shape index (κ3) is 2.80. The first-order valence-electron chi connectivity index (χ1n) is 6.04. The Morgan fingerprint density at radius 3 is 2.53 bits per heavy atom. The van der Waals surface area contributed by atoms with Crippen molar-refractivity contribution in [1.82, 2.24) is 5.32 Å². The van der Waals surface area contributed by atoms with Gasteiger partial charge in [0, 0.05) is 17.5 Å². The molecule has 1 N–H and O–H groups in total. The second-order valence-corrected chi connectivity index (χ2v) is 6.39. The number of halogens is 2. The molecule has 1 saturated carbocycles. The van der Waals surface area contributed by atoms with E-state index in [1.165, 1.54) is 0 Å². The van der Waals surface area contributed by atoms with Crippen molar-refractivity contribution in [3.05, 3.63) is 34.6 Å². The smallest absolute Gasteiger partial charge is 0.145 e. The van der Waals surface area contributed by atoms with Crippen LogP contribution in [-0.4, -0.2) is 12.1 Å². The highest BCUT2D eigenvalue weighted by Crippen LogP contribution is 2.49. The SMILES string of the molecule is CC(C)(C)NCC1(c2cccc(Cl)c2F)CC1. The van der Waals surface area contributed by atoms with E-state index < -0.39 is 0 Å². The Kier molecular flexibility index (Phi) is 3.21. The van der Waals surface area contributed by atoms with Gasteiger partial charge in [0.05, 0.1) is 5.02 Å². The molecule has 94 valence electrons. The highest BCUT2D eigenvalue weighted by atomic mass is 35.5. The highest BCUT2D eigenvalue weighted by molar-refractivity contribution is 6.30. The second kappa shape index (κ2) is 4.25. The Bertz CT molecular complexity index is 419. The third-order valence-electron chi connectivity index (χ3n) is 3.33. The standard InChI is InChI=1S/C14H19ClFN/c1-13(2,3)17-9-14(7-8-14)10-5-4-6-11(15)12(10)16/h4-6,17H,7-9H2,1-3H3. The van der Waals surface area contributed by atoms with E-state index in [1.807, 2.05) is 12.1 Å². The van der Waals surface area contributed by atoms with E-state index >= 15 is 0 Å². The summed E-state index contributed by atoms with van der Waals surface area (Å²) in [6, 6.07) is 5.30. The van der Waals surface area contributed by atoms with E-state index in [0.717, 1.165) is 24.9 Å². The minimum atomic E-state index is -0.248. The molecule has 0 unspecified atom stereocenters. The maximum atomic E-state index is 14.0. The van der Waals surface area contributed by atoms with E-state index in [4.69, 9.17) is 11.6 Å². The van der Waals surface area contributed by atoms with E-state index in [9.17, 15) is 4.39 Å². The molecule has 17 heavy (non-hydrogen) atoms. The monoisotopic (exact) mass is 255 g/mol. The van der Waals surface area contributed by atoms with Gasteiger partial charge in [0.25, 0.3) is 0 Å². The van der Waals surface area contributed by atoms with Crippen LogP contribution in [0.1, 0.15) is 39.2 Å². The summed E-state index contributed by atoms with van der Waals surface area (Å²) < 4.78 is 14.0. The average Bonchev–Trinajstić information content (AvgIpc) is 2.99. The number of benzene rings is 1. The minimum absolute atomic E-state index is 0.0394. The van der Waals surface area contributed by atoms with Gasteiger partial charge in [-0.2, -0.15) is 0 Å². The zero-order chi connectivity index (χ0) is 12.7. The molecule has 1 fully saturated rings. The van der Waals surface area contributed by atoms with E-state index in [2.05, 4.69) is 26.1 Å². The van der Waals surface area contributed by atoms with E-state index in [1.54, 1.807) is 6.07 Å².